The zero-order valence-electron chi connectivity index (χ0n) is 4.74. The van der Waals surface area contributed by atoms with Gasteiger partial charge in [0.2, 0.25) is 0 Å². The van der Waals surface area contributed by atoms with E-state index in [-0.39, 0.29) is 0 Å². The minimum Gasteiger partial charge on any atom is -0.833 e. The van der Waals surface area contributed by atoms with Crippen LogP contribution in [0.15, 0.2) is 24.4 Å². The Morgan fingerprint density at radius 2 is 2.33 bits per heavy atom. The van der Waals surface area contributed by atoms with Gasteiger partial charge in [-0.3, -0.25) is 0 Å². The number of aromatic nitrogens is 1. The highest BCUT2D eigenvalue weighted by Crippen LogP contribution is 1.98. The van der Waals surface area contributed by atoms with E-state index in [0.717, 1.165) is 0 Å². The van der Waals surface area contributed by atoms with E-state index < -0.39 is 5.76 Å². The molecule has 0 radical (unpaired) electrons. The van der Waals surface area contributed by atoms with Crippen molar-refractivity contribution < 1.29 is 5.11 Å². The molecule has 0 bridgehead atoms. The number of nitrogens with zero attached hydrogens (tertiary/aromatic N) is 1. The normalized spacial score (nSPS) is 8.78. The predicted octanol–water partition coefficient (Wildman–Crippen LogP) is 0.216. The summed E-state index contributed by atoms with van der Waals surface area (Å²) in [5.74, 6) is -0.490. The van der Waals surface area contributed by atoms with Crippen molar-refractivity contribution in [2.24, 2.45) is 0 Å². The Morgan fingerprint density at radius 3 is 2.67 bits per heavy atom. The molecule has 1 heterocycles. The van der Waals surface area contributed by atoms with Crippen LogP contribution in [0.4, 0.5) is 0 Å². The van der Waals surface area contributed by atoms with E-state index in [2.05, 4.69) is 4.98 Å². The lowest BCUT2D eigenvalue weighted by molar-refractivity contribution is -0.244. The summed E-state index contributed by atoms with van der Waals surface area (Å²) in [6, 6.07) is 5.02. The highest BCUT2D eigenvalue weighted by Gasteiger charge is 1.96. The number of pyridine rings is 1. The molecular weight excluding hydrogens is 114 g/mol. The number of hydrogen-bond acceptors (Lipinski definition) is 2. The molecule has 0 spiro atoms. The molecular formula is C7H5NO. The number of hydrogen-bond donors (Lipinski definition) is 0. The Balaban J connectivity index is 2.98. The SMILES string of the molecule is [CH+]=C([O-])c1ccccn1. The summed E-state index contributed by atoms with van der Waals surface area (Å²) < 4.78 is 0. The second-order valence-electron chi connectivity index (χ2n) is 1.58. The summed E-state index contributed by atoms with van der Waals surface area (Å²) in [4.78, 5) is 3.70. The van der Waals surface area contributed by atoms with Crippen molar-refractivity contribution >= 4 is 5.76 Å². The first-order valence-electron chi connectivity index (χ1n) is 2.51. The third kappa shape index (κ3) is 1.24. The zero-order chi connectivity index (χ0) is 6.69. The molecule has 44 valence electrons. The van der Waals surface area contributed by atoms with E-state index >= 15 is 0 Å². The summed E-state index contributed by atoms with van der Waals surface area (Å²) in [7, 11) is 0. The van der Waals surface area contributed by atoms with E-state index in [0.29, 0.717) is 5.69 Å². The van der Waals surface area contributed by atoms with Crippen LogP contribution in [-0.2, 0) is 0 Å². The Morgan fingerprint density at radius 1 is 1.56 bits per heavy atom. The van der Waals surface area contributed by atoms with Crippen LogP contribution >= 0.6 is 0 Å². The summed E-state index contributed by atoms with van der Waals surface area (Å²) >= 11 is 0. The minimum atomic E-state index is -0.490. The molecule has 0 amide bonds. The van der Waals surface area contributed by atoms with E-state index in [4.69, 9.17) is 6.58 Å². The van der Waals surface area contributed by atoms with Crippen LogP contribution in [0.25, 0.3) is 5.76 Å². The molecule has 2 nitrogen and oxygen atoms in total. The van der Waals surface area contributed by atoms with E-state index in [1.807, 2.05) is 0 Å². The Labute approximate surface area is 53.5 Å². The molecule has 0 unspecified atom stereocenters. The van der Waals surface area contributed by atoms with Gasteiger partial charge in [0.1, 0.15) is 0 Å². The fraction of sp³-hybridized carbons (Fsp3) is 0. The Bertz CT molecular complexity index is 205. The molecule has 0 aromatic carbocycles. The molecule has 0 saturated heterocycles. The van der Waals surface area contributed by atoms with Crippen molar-refractivity contribution in [3.05, 3.63) is 36.7 Å². The van der Waals surface area contributed by atoms with Gasteiger partial charge in [0.25, 0.3) is 0 Å². The van der Waals surface area contributed by atoms with Gasteiger partial charge >= 0.3 is 0 Å². The molecule has 0 aliphatic carbocycles. The van der Waals surface area contributed by atoms with Crippen LogP contribution in [0.3, 0.4) is 0 Å². The topological polar surface area (TPSA) is 36.0 Å². The van der Waals surface area contributed by atoms with Crippen LogP contribution < -0.4 is 5.11 Å². The monoisotopic (exact) mass is 119 g/mol. The first-order chi connectivity index (χ1) is 4.30. The highest BCUT2D eigenvalue weighted by molar-refractivity contribution is 5.47. The molecule has 1 aromatic heterocycles. The third-order valence-corrected chi connectivity index (χ3v) is 0.917. The predicted molar refractivity (Wildman–Crippen MR) is 31.9 cm³/mol. The van der Waals surface area contributed by atoms with Crippen LogP contribution in [-0.4, -0.2) is 4.98 Å². The lowest BCUT2D eigenvalue weighted by Gasteiger charge is -1.92. The van der Waals surface area contributed by atoms with Crippen LogP contribution in [0.2, 0.25) is 0 Å². The highest BCUT2D eigenvalue weighted by atomic mass is 16.3. The molecule has 0 fully saturated rings. The maximum absolute atomic E-state index is 10.4. The summed E-state index contributed by atoms with van der Waals surface area (Å²) in [6.07, 6.45) is 1.53. The fourth-order valence-electron chi connectivity index (χ4n) is 0.509. The first kappa shape index (κ1) is 5.73. The molecule has 0 atom stereocenters. The van der Waals surface area contributed by atoms with Crippen molar-refractivity contribution in [2.75, 3.05) is 0 Å². The molecule has 0 saturated carbocycles. The van der Waals surface area contributed by atoms with Crippen LogP contribution in [0.1, 0.15) is 5.69 Å². The molecule has 9 heavy (non-hydrogen) atoms. The molecule has 1 aromatic rings. The van der Waals surface area contributed by atoms with Gasteiger partial charge in [-0.1, -0.05) is 0 Å². The van der Waals surface area contributed by atoms with E-state index in [9.17, 15) is 5.11 Å². The zero-order valence-corrected chi connectivity index (χ0v) is 4.74. The first-order valence-corrected chi connectivity index (χ1v) is 2.51. The second-order valence-corrected chi connectivity index (χ2v) is 1.58. The van der Waals surface area contributed by atoms with Crippen LogP contribution in [0, 0.1) is 6.58 Å². The Kier molecular flexibility index (Phi) is 1.43. The molecule has 2 heteroatoms. The van der Waals surface area contributed by atoms with Gasteiger partial charge in [-0.15, -0.1) is 0 Å². The summed E-state index contributed by atoms with van der Waals surface area (Å²) in [6.45, 7) is 4.91. The number of rotatable bonds is 1. The molecule has 1 rings (SSSR count). The van der Waals surface area contributed by atoms with E-state index in [1.54, 1.807) is 18.2 Å². The summed E-state index contributed by atoms with van der Waals surface area (Å²) in [5, 5.41) is 10.4. The Hall–Kier alpha value is -1.40. The van der Waals surface area contributed by atoms with Gasteiger partial charge in [0.15, 0.2) is 11.5 Å². The lowest BCUT2D eigenvalue weighted by atomic mass is 10.3. The lowest BCUT2D eigenvalue weighted by Crippen LogP contribution is -2.01. The van der Waals surface area contributed by atoms with Crippen molar-refractivity contribution in [2.45, 2.75) is 0 Å². The second kappa shape index (κ2) is 2.25. The van der Waals surface area contributed by atoms with Gasteiger partial charge in [-0.05, 0) is 12.1 Å². The van der Waals surface area contributed by atoms with Gasteiger partial charge in [-0.2, -0.15) is 4.98 Å². The molecule has 0 aliphatic heterocycles. The molecule has 0 N–H and O–H groups in total. The standard InChI is InChI=1S/C7H5NO/c1-6(9)7-4-2-3-5-8-7/h1-5H. The van der Waals surface area contributed by atoms with Gasteiger partial charge < -0.3 is 5.11 Å². The van der Waals surface area contributed by atoms with Crippen molar-refractivity contribution in [1.29, 1.82) is 0 Å². The maximum atomic E-state index is 10.4. The quantitative estimate of drug-likeness (QED) is 0.391. The third-order valence-electron chi connectivity index (χ3n) is 0.917. The van der Waals surface area contributed by atoms with Crippen molar-refractivity contribution in [1.82, 2.24) is 4.98 Å². The van der Waals surface area contributed by atoms with Crippen LogP contribution in [0.5, 0.6) is 0 Å². The summed E-state index contributed by atoms with van der Waals surface area (Å²) in [5.41, 5.74) is 0.303. The van der Waals surface area contributed by atoms with Gasteiger partial charge in [0.05, 0.1) is 6.20 Å². The smallest absolute Gasteiger partial charge is 0.200 e. The maximum Gasteiger partial charge on any atom is 0.200 e. The van der Waals surface area contributed by atoms with Crippen molar-refractivity contribution in [3.63, 3.8) is 0 Å². The molecule has 0 aliphatic rings. The van der Waals surface area contributed by atoms with Gasteiger partial charge in [-0.25, -0.2) is 0 Å². The van der Waals surface area contributed by atoms with Gasteiger partial charge in [0, 0.05) is 12.6 Å². The fourth-order valence-corrected chi connectivity index (χ4v) is 0.509. The van der Waals surface area contributed by atoms with Crippen molar-refractivity contribution in [3.8, 4) is 0 Å². The minimum absolute atomic E-state index is 0.303. The average Bonchev–Trinajstić information content (AvgIpc) is 1.90. The average molecular weight is 119 g/mol. The largest absolute Gasteiger partial charge is 0.833 e. The van der Waals surface area contributed by atoms with E-state index in [1.165, 1.54) is 6.20 Å².